The molecule has 6 heteroatoms. The minimum Gasteiger partial charge on any atom is -0.391 e. The van der Waals surface area contributed by atoms with Gasteiger partial charge in [-0.1, -0.05) is 12.1 Å². The summed E-state index contributed by atoms with van der Waals surface area (Å²) in [4.78, 5) is 0.803. The second-order valence-electron chi connectivity index (χ2n) is 3.88. The average Bonchev–Trinajstić information content (AvgIpc) is 2.77. The quantitative estimate of drug-likeness (QED) is 0.905. The van der Waals surface area contributed by atoms with E-state index in [4.69, 9.17) is 5.11 Å². The summed E-state index contributed by atoms with van der Waals surface area (Å²) in [6.45, 7) is 1.75. The van der Waals surface area contributed by atoms with Crippen molar-refractivity contribution in [1.82, 2.24) is 0 Å². The van der Waals surface area contributed by atoms with Gasteiger partial charge in [-0.3, -0.25) is 4.72 Å². The van der Waals surface area contributed by atoms with E-state index in [1.165, 1.54) is 22.8 Å². The number of hydrogen-bond donors (Lipinski definition) is 2. The van der Waals surface area contributed by atoms with Crippen molar-refractivity contribution in [3.8, 4) is 0 Å². The summed E-state index contributed by atoms with van der Waals surface area (Å²) >= 11 is 1.22. The normalized spacial score (nSPS) is 11.4. The van der Waals surface area contributed by atoms with Crippen LogP contribution in [0.1, 0.15) is 10.4 Å². The fraction of sp³-hybridized carbons (Fsp3) is 0.167. The minimum atomic E-state index is -3.57. The Morgan fingerprint density at radius 2 is 2.11 bits per heavy atom. The van der Waals surface area contributed by atoms with E-state index in [9.17, 15) is 8.42 Å². The van der Waals surface area contributed by atoms with Crippen molar-refractivity contribution < 1.29 is 13.5 Å². The SMILES string of the molecule is Cc1cccc(NS(=O)(=O)c2csc(CO)c2)c1. The maximum atomic E-state index is 12.1. The molecule has 1 aromatic heterocycles. The minimum absolute atomic E-state index is 0.148. The van der Waals surface area contributed by atoms with Crippen LogP contribution >= 0.6 is 11.3 Å². The third kappa shape index (κ3) is 2.90. The molecule has 0 radical (unpaired) electrons. The number of anilines is 1. The Morgan fingerprint density at radius 1 is 1.33 bits per heavy atom. The molecule has 0 atom stereocenters. The Kier molecular flexibility index (Phi) is 3.70. The fourth-order valence-corrected chi connectivity index (χ4v) is 3.69. The van der Waals surface area contributed by atoms with Crippen molar-refractivity contribution >= 4 is 27.0 Å². The lowest BCUT2D eigenvalue weighted by atomic mass is 10.2. The molecule has 0 saturated heterocycles. The molecule has 2 aromatic rings. The van der Waals surface area contributed by atoms with Crippen molar-refractivity contribution in [3.63, 3.8) is 0 Å². The Balaban J connectivity index is 2.27. The number of aliphatic hydroxyl groups is 1. The zero-order valence-corrected chi connectivity index (χ0v) is 11.4. The number of aryl methyl sites for hydroxylation is 1. The third-order valence-corrected chi connectivity index (χ3v) is 4.80. The monoisotopic (exact) mass is 283 g/mol. The number of sulfonamides is 1. The highest BCUT2D eigenvalue weighted by Crippen LogP contribution is 2.22. The third-order valence-electron chi connectivity index (χ3n) is 2.37. The highest BCUT2D eigenvalue weighted by molar-refractivity contribution is 7.92. The largest absolute Gasteiger partial charge is 0.391 e. The van der Waals surface area contributed by atoms with Crippen molar-refractivity contribution in [2.45, 2.75) is 18.4 Å². The summed E-state index contributed by atoms with van der Waals surface area (Å²) in [7, 11) is -3.57. The lowest BCUT2D eigenvalue weighted by Gasteiger charge is -2.06. The molecule has 2 N–H and O–H groups in total. The average molecular weight is 283 g/mol. The van der Waals surface area contributed by atoms with Crippen LogP contribution in [-0.4, -0.2) is 13.5 Å². The predicted octanol–water partition coefficient (Wildman–Crippen LogP) is 2.35. The van der Waals surface area contributed by atoms with Gasteiger partial charge >= 0.3 is 0 Å². The first kappa shape index (κ1) is 13.1. The first-order valence-corrected chi connectivity index (χ1v) is 7.65. The van der Waals surface area contributed by atoms with Gasteiger partial charge in [-0.2, -0.15) is 0 Å². The van der Waals surface area contributed by atoms with Gasteiger partial charge < -0.3 is 5.11 Å². The molecule has 96 valence electrons. The lowest BCUT2D eigenvalue weighted by molar-refractivity contribution is 0.285. The van der Waals surface area contributed by atoms with Gasteiger partial charge in [0, 0.05) is 15.9 Å². The van der Waals surface area contributed by atoms with E-state index in [2.05, 4.69) is 4.72 Å². The van der Waals surface area contributed by atoms with Crippen LogP contribution in [0, 0.1) is 6.92 Å². The standard InChI is InChI=1S/C12H13NO3S2/c1-9-3-2-4-10(5-9)13-18(15,16)12-6-11(7-14)17-8-12/h2-6,8,13-14H,7H2,1H3. The van der Waals surface area contributed by atoms with Crippen LogP contribution in [0.4, 0.5) is 5.69 Å². The van der Waals surface area contributed by atoms with E-state index in [0.29, 0.717) is 10.6 Å². The number of rotatable bonds is 4. The summed E-state index contributed by atoms with van der Waals surface area (Å²) in [6, 6.07) is 8.62. The van der Waals surface area contributed by atoms with Gasteiger partial charge in [0.15, 0.2) is 0 Å². The van der Waals surface area contributed by atoms with E-state index in [1.54, 1.807) is 18.2 Å². The van der Waals surface area contributed by atoms with Gasteiger partial charge in [-0.25, -0.2) is 8.42 Å². The smallest absolute Gasteiger partial charge is 0.262 e. The molecular weight excluding hydrogens is 270 g/mol. The molecule has 0 fully saturated rings. The number of aliphatic hydroxyl groups excluding tert-OH is 1. The van der Waals surface area contributed by atoms with Crippen LogP contribution in [0.3, 0.4) is 0 Å². The molecule has 0 saturated carbocycles. The number of thiophene rings is 1. The van der Waals surface area contributed by atoms with E-state index in [1.807, 2.05) is 13.0 Å². The molecule has 0 aliphatic heterocycles. The van der Waals surface area contributed by atoms with E-state index < -0.39 is 10.0 Å². The highest BCUT2D eigenvalue weighted by Gasteiger charge is 2.16. The highest BCUT2D eigenvalue weighted by atomic mass is 32.2. The number of hydrogen-bond acceptors (Lipinski definition) is 4. The van der Waals surface area contributed by atoms with E-state index >= 15 is 0 Å². The molecule has 18 heavy (non-hydrogen) atoms. The zero-order chi connectivity index (χ0) is 13.2. The van der Waals surface area contributed by atoms with Gasteiger partial charge in [-0.15, -0.1) is 11.3 Å². The van der Waals surface area contributed by atoms with Gasteiger partial charge in [0.1, 0.15) is 0 Å². The van der Waals surface area contributed by atoms with Crippen LogP contribution in [0.2, 0.25) is 0 Å². The summed E-state index contributed by atoms with van der Waals surface area (Å²) in [5.74, 6) is 0. The molecule has 0 spiro atoms. The van der Waals surface area contributed by atoms with Crippen LogP contribution in [0.15, 0.2) is 40.6 Å². The van der Waals surface area contributed by atoms with Crippen LogP contribution in [0.5, 0.6) is 0 Å². The van der Waals surface area contributed by atoms with Crippen LogP contribution < -0.4 is 4.72 Å². The molecule has 1 heterocycles. The molecule has 0 aliphatic carbocycles. The molecule has 2 rings (SSSR count). The van der Waals surface area contributed by atoms with Gasteiger partial charge in [0.25, 0.3) is 10.0 Å². The summed E-state index contributed by atoms with van der Waals surface area (Å²) in [5, 5.41) is 10.5. The number of nitrogens with one attached hydrogen (secondary N) is 1. The fourth-order valence-electron chi connectivity index (χ4n) is 1.51. The Morgan fingerprint density at radius 3 is 2.72 bits per heavy atom. The maximum Gasteiger partial charge on any atom is 0.262 e. The van der Waals surface area contributed by atoms with Crippen molar-refractivity contribution in [2.24, 2.45) is 0 Å². The van der Waals surface area contributed by atoms with Gasteiger partial charge in [0.2, 0.25) is 0 Å². The maximum absolute atomic E-state index is 12.1. The van der Waals surface area contributed by atoms with Crippen molar-refractivity contribution in [3.05, 3.63) is 46.2 Å². The van der Waals surface area contributed by atoms with Gasteiger partial charge in [-0.05, 0) is 30.7 Å². The molecule has 0 unspecified atom stereocenters. The van der Waals surface area contributed by atoms with E-state index in [0.717, 1.165) is 5.56 Å². The molecule has 1 aromatic carbocycles. The molecule has 0 aliphatic rings. The Labute approximate surface area is 110 Å². The second kappa shape index (κ2) is 5.09. The summed E-state index contributed by atoms with van der Waals surface area (Å²) in [6.07, 6.45) is 0. The first-order valence-electron chi connectivity index (χ1n) is 5.29. The Hall–Kier alpha value is -1.37. The second-order valence-corrected chi connectivity index (χ2v) is 6.56. The molecule has 0 bridgehead atoms. The Bertz CT molecular complexity index is 647. The van der Waals surface area contributed by atoms with Crippen LogP contribution in [-0.2, 0) is 16.6 Å². The zero-order valence-electron chi connectivity index (χ0n) is 9.75. The topological polar surface area (TPSA) is 66.4 Å². The van der Waals surface area contributed by atoms with Crippen molar-refractivity contribution in [2.75, 3.05) is 4.72 Å². The predicted molar refractivity (Wildman–Crippen MR) is 72.2 cm³/mol. The lowest BCUT2D eigenvalue weighted by Crippen LogP contribution is -2.12. The van der Waals surface area contributed by atoms with Gasteiger partial charge in [0.05, 0.1) is 11.5 Å². The van der Waals surface area contributed by atoms with Crippen molar-refractivity contribution in [1.29, 1.82) is 0 Å². The first-order chi connectivity index (χ1) is 8.51. The molecular formula is C12H13NO3S2. The molecule has 0 amide bonds. The van der Waals surface area contributed by atoms with Crippen LogP contribution in [0.25, 0.3) is 0 Å². The van der Waals surface area contributed by atoms with E-state index in [-0.39, 0.29) is 11.5 Å². The summed E-state index contributed by atoms with van der Waals surface area (Å²) < 4.78 is 26.6. The number of benzene rings is 1. The molecule has 4 nitrogen and oxygen atoms in total. The summed E-state index contributed by atoms with van der Waals surface area (Å²) in [5.41, 5.74) is 1.52.